The number of amides is 2. The smallest absolute Gasteiger partial charge is 0.251 e. The van der Waals surface area contributed by atoms with Crippen LogP contribution in [-0.2, 0) is 17.8 Å². The Morgan fingerprint density at radius 3 is 2.46 bits per heavy atom. The lowest BCUT2D eigenvalue weighted by molar-refractivity contribution is -0.128. The molecule has 1 N–H and O–H groups in total. The number of nitrogens with one attached hydrogen (secondary N) is 1. The van der Waals surface area contributed by atoms with Crippen molar-refractivity contribution in [3.8, 4) is 0 Å². The summed E-state index contributed by atoms with van der Waals surface area (Å²) in [6.45, 7) is 7.81. The molecule has 0 unspecified atom stereocenters. The van der Waals surface area contributed by atoms with Crippen molar-refractivity contribution < 1.29 is 9.59 Å². The molecule has 2 amide bonds. The number of carbonyl (C=O) groups is 2. The standard InChI is InChI=1S/C24H30N2O2/c1-17(2)14-19-9-11-21(12-10-19)18(3)25-24(28)22-7-4-6-20(15-22)16-26-13-5-8-23(26)27/h4,6-7,9-12,15,17-18H,5,8,13-14,16H2,1-3H3,(H,25,28)/t18-/m0/s1. The third kappa shape index (κ3) is 5.22. The molecule has 0 saturated carbocycles. The van der Waals surface area contributed by atoms with Gasteiger partial charge in [-0.2, -0.15) is 0 Å². The second-order valence-electron chi connectivity index (χ2n) is 8.15. The topological polar surface area (TPSA) is 49.4 Å². The van der Waals surface area contributed by atoms with Crippen LogP contribution in [0.2, 0.25) is 0 Å². The molecular formula is C24H30N2O2. The molecule has 0 spiro atoms. The zero-order chi connectivity index (χ0) is 20.1. The van der Waals surface area contributed by atoms with Crippen LogP contribution in [0.15, 0.2) is 48.5 Å². The van der Waals surface area contributed by atoms with E-state index in [0.717, 1.165) is 30.5 Å². The van der Waals surface area contributed by atoms with Crippen molar-refractivity contribution in [1.82, 2.24) is 10.2 Å². The first kappa shape index (κ1) is 20.1. The molecule has 1 saturated heterocycles. The van der Waals surface area contributed by atoms with Gasteiger partial charge >= 0.3 is 0 Å². The van der Waals surface area contributed by atoms with Gasteiger partial charge < -0.3 is 10.2 Å². The van der Waals surface area contributed by atoms with Crippen LogP contribution in [0.3, 0.4) is 0 Å². The second-order valence-corrected chi connectivity index (χ2v) is 8.15. The highest BCUT2D eigenvalue weighted by Gasteiger charge is 2.20. The summed E-state index contributed by atoms with van der Waals surface area (Å²) in [5.41, 5.74) is 4.04. The summed E-state index contributed by atoms with van der Waals surface area (Å²) in [4.78, 5) is 26.4. The van der Waals surface area contributed by atoms with Crippen LogP contribution < -0.4 is 5.32 Å². The minimum Gasteiger partial charge on any atom is -0.346 e. The highest BCUT2D eigenvalue weighted by molar-refractivity contribution is 5.94. The van der Waals surface area contributed by atoms with Gasteiger partial charge in [0.05, 0.1) is 6.04 Å². The molecule has 0 radical (unpaired) electrons. The summed E-state index contributed by atoms with van der Waals surface area (Å²) in [5.74, 6) is 0.740. The number of likely N-dealkylation sites (tertiary alicyclic amines) is 1. The van der Waals surface area contributed by atoms with E-state index in [-0.39, 0.29) is 17.9 Å². The fraction of sp³-hybridized carbons (Fsp3) is 0.417. The SMILES string of the molecule is CC(C)Cc1ccc([C@H](C)NC(=O)c2cccc(CN3CCCC3=O)c2)cc1. The van der Waals surface area contributed by atoms with Gasteiger partial charge in [-0.15, -0.1) is 0 Å². The first-order valence-corrected chi connectivity index (χ1v) is 10.2. The molecule has 0 bridgehead atoms. The zero-order valence-corrected chi connectivity index (χ0v) is 17.1. The average Bonchev–Trinajstić information content (AvgIpc) is 3.06. The van der Waals surface area contributed by atoms with Gasteiger partial charge in [0.15, 0.2) is 0 Å². The molecule has 3 rings (SSSR count). The zero-order valence-electron chi connectivity index (χ0n) is 17.1. The Bertz CT molecular complexity index is 827. The quantitative estimate of drug-likeness (QED) is 0.771. The Kier molecular flexibility index (Phi) is 6.50. The van der Waals surface area contributed by atoms with Crippen molar-refractivity contribution >= 4 is 11.8 Å². The van der Waals surface area contributed by atoms with Crippen LogP contribution in [0.5, 0.6) is 0 Å². The summed E-state index contributed by atoms with van der Waals surface area (Å²) < 4.78 is 0. The first-order chi connectivity index (χ1) is 13.4. The Labute approximate surface area is 167 Å². The molecule has 2 aromatic rings. The Hall–Kier alpha value is -2.62. The number of hydrogen-bond donors (Lipinski definition) is 1. The number of hydrogen-bond acceptors (Lipinski definition) is 2. The van der Waals surface area contributed by atoms with Gasteiger partial charge in [0.2, 0.25) is 5.91 Å². The van der Waals surface area contributed by atoms with Crippen molar-refractivity contribution in [3.05, 3.63) is 70.8 Å². The van der Waals surface area contributed by atoms with Crippen molar-refractivity contribution in [2.75, 3.05) is 6.54 Å². The summed E-state index contributed by atoms with van der Waals surface area (Å²) in [6.07, 6.45) is 2.62. The van der Waals surface area contributed by atoms with Crippen LogP contribution in [0, 0.1) is 5.92 Å². The lowest BCUT2D eigenvalue weighted by atomic mass is 10.00. The van der Waals surface area contributed by atoms with Crippen LogP contribution in [0.1, 0.15) is 66.7 Å². The van der Waals surface area contributed by atoms with E-state index in [2.05, 4.69) is 43.4 Å². The molecule has 4 heteroatoms. The van der Waals surface area contributed by atoms with Gasteiger partial charge in [-0.1, -0.05) is 50.2 Å². The Balaban J connectivity index is 1.62. The van der Waals surface area contributed by atoms with E-state index in [1.54, 1.807) is 0 Å². The number of benzene rings is 2. The molecule has 2 aromatic carbocycles. The maximum atomic E-state index is 12.7. The van der Waals surface area contributed by atoms with Crippen molar-refractivity contribution in [2.24, 2.45) is 5.92 Å². The second kappa shape index (κ2) is 9.05. The Morgan fingerprint density at radius 2 is 1.82 bits per heavy atom. The molecule has 1 aliphatic heterocycles. The maximum Gasteiger partial charge on any atom is 0.251 e. The number of nitrogens with zero attached hydrogens (tertiary/aromatic N) is 1. The minimum absolute atomic E-state index is 0.0654. The molecule has 148 valence electrons. The Morgan fingerprint density at radius 1 is 1.07 bits per heavy atom. The van der Waals surface area contributed by atoms with Crippen molar-refractivity contribution in [3.63, 3.8) is 0 Å². The van der Waals surface area contributed by atoms with E-state index in [4.69, 9.17) is 0 Å². The van der Waals surface area contributed by atoms with Gasteiger partial charge in [0.1, 0.15) is 0 Å². The fourth-order valence-corrected chi connectivity index (χ4v) is 3.68. The molecule has 0 aromatic heterocycles. The predicted octanol–water partition coefficient (Wildman–Crippen LogP) is 4.50. The van der Waals surface area contributed by atoms with Crippen LogP contribution in [0.25, 0.3) is 0 Å². The van der Waals surface area contributed by atoms with E-state index in [9.17, 15) is 9.59 Å². The van der Waals surface area contributed by atoms with Gasteiger partial charge in [-0.25, -0.2) is 0 Å². The van der Waals surface area contributed by atoms with Crippen molar-refractivity contribution in [2.45, 2.75) is 52.6 Å². The molecule has 0 aliphatic carbocycles. The maximum absolute atomic E-state index is 12.7. The van der Waals surface area contributed by atoms with Crippen LogP contribution in [-0.4, -0.2) is 23.3 Å². The summed E-state index contributed by atoms with van der Waals surface area (Å²) in [7, 11) is 0. The number of carbonyl (C=O) groups excluding carboxylic acids is 2. The monoisotopic (exact) mass is 378 g/mol. The fourth-order valence-electron chi connectivity index (χ4n) is 3.68. The van der Waals surface area contributed by atoms with Crippen molar-refractivity contribution in [1.29, 1.82) is 0 Å². The summed E-state index contributed by atoms with van der Waals surface area (Å²) in [5, 5.41) is 3.08. The van der Waals surface area contributed by atoms with E-state index in [1.807, 2.05) is 36.1 Å². The molecule has 1 atom stereocenters. The summed E-state index contributed by atoms with van der Waals surface area (Å²) >= 11 is 0. The first-order valence-electron chi connectivity index (χ1n) is 10.2. The van der Waals surface area contributed by atoms with Gasteiger partial charge in [-0.05, 0) is 54.5 Å². The van der Waals surface area contributed by atoms with E-state index in [0.29, 0.717) is 24.4 Å². The molecule has 1 fully saturated rings. The largest absolute Gasteiger partial charge is 0.346 e. The van der Waals surface area contributed by atoms with Crippen LogP contribution in [0.4, 0.5) is 0 Å². The van der Waals surface area contributed by atoms with E-state index < -0.39 is 0 Å². The lowest BCUT2D eigenvalue weighted by Gasteiger charge is -2.17. The highest BCUT2D eigenvalue weighted by Crippen LogP contribution is 2.18. The number of rotatable bonds is 7. The van der Waals surface area contributed by atoms with Crippen LogP contribution >= 0.6 is 0 Å². The van der Waals surface area contributed by atoms with E-state index >= 15 is 0 Å². The molecule has 1 heterocycles. The minimum atomic E-state index is -0.0895. The molecule has 28 heavy (non-hydrogen) atoms. The van der Waals surface area contributed by atoms with Gasteiger partial charge in [0, 0.05) is 25.1 Å². The third-order valence-electron chi connectivity index (χ3n) is 5.21. The lowest BCUT2D eigenvalue weighted by Crippen LogP contribution is -2.27. The van der Waals surface area contributed by atoms with E-state index in [1.165, 1.54) is 5.56 Å². The highest BCUT2D eigenvalue weighted by atomic mass is 16.2. The average molecular weight is 379 g/mol. The molecule has 4 nitrogen and oxygen atoms in total. The van der Waals surface area contributed by atoms with Gasteiger partial charge in [-0.3, -0.25) is 9.59 Å². The normalized spacial score (nSPS) is 15.1. The van der Waals surface area contributed by atoms with Gasteiger partial charge in [0.25, 0.3) is 5.91 Å². The predicted molar refractivity (Wildman–Crippen MR) is 112 cm³/mol. The molecular weight excluding hydrogens is 348 g/mol. The summed E-state index contributed by atoms with van der Waals surface area (Å²) in [6, 6.07) is 16.0. The third-order valence-corrected chi connectivity index (χ3v) is 5.21. The molecule has 1 aliphatic rings.